The first kappa shape index (κ1) is 10.4. The third-order valence-corrected chi connectivity index (χ3v) is 4.70. The molecule has 18 heavy (non-hydrogen) atoms. The van der Waals surface area contributed by atoms with E-state index in [-0.39, 0.29) is 0 Å². The van der Waals surface area contributed by atoms with Crippen molar-refractivity contribution in [2.45, 2.75) is 31.7 Å². The largest absolute Gasteiger partial charge is 0.365 e. The van der Waals surface area contributed by atoms with Gasteiger partial charge in [0.05, 0.1) is 11.8 Å². The summed E-state index contributed by atoms with van der Waals surface area (Å²) in [4.78, 5) is 8.94. The van der Waals surface area contributed by atoms with Crippen LogP contribution in [-0.4, -0.2) is 20.6 Å². The second-order valence-corrected chi connectivity index (χ2v) is 5.81. The molecule has 4 heteroatoms. The Hall–Kier alpha value is -1.58. The average molecular weight is 242 g/mol. The summed E-state index contributed by atoms with van der Waals surface area (Å²) in [5.74, 6) is 2.77. The standard InChI is InChI=1S/C14H18N4/c1-18-8-16-13-12(18)4-5-15-14(13)17-11-7-9-2-3-10(11)6-9/h4-5,8-11H,2-3,6-7H2,1H3,(H,15,17). The zero-order chi connectivity index (χ0) is 12.1. The number of aromatic nitrogens is 3. The van der Waals surface area contributed by atoms with Crippen LogP contribution < -0.4 is 5.32 Å². The topological polar surface area (TPSA) is 42.7 Å². The van der Waals surface area contributed by atoms with Gasteiger partial charge in [-0.05, 0) is 37.2 Å². The fourth-order valence-corrected chi connectivity index (χ4v) is 3.76. The minimum atomic E-state index is 0.615. The fourth-order valence-electron chi connectivity index (χ4n) is 3.76. The van der Waals surface area contributed by atoms with Crippen LogP contribution in [0, 0.1) is 11.8 Å². The van der Waals surface area contributed by atoms with E-state index in [1.54, 1.807) is 0 Å². The zero-order valence-electron chi connectivity index (χ0n) is 10.6. The van der Waals surface area contributed by atoms with Crippen molar-refractivity contribution in [2.24, 2.45) is 18.9 Å². The predicted octanol–water partition coefficient (Wildman–Crippen LogP) is 2.57. The lowest BCUT2D eigenvalue weighted by atomic mass is 9.95. The Morgan fingerprint density at radius 2 is 2.22 bits per heavy atom. The number of hydrogen-bond acceptors (Lipinski definition) is 3. The molecule has 3 atom stereocenters. The maximum Gasteiger partial charge on any atom is 0.154 e. The van der Waals surface area contributed by atoms with E-state index in [2.05, 4.69) is 15.3 Å². The summed E-state index contributed by atoms with van der Waals surface area (Å²) in [7, 11) is 2.02. The number of nitrogens with one attached hydrogen (secondary N) is 1. The smallest absolute Gasteiger partial charge is 0.154 e. The van der Waals surface area contributed by atoms with E-state index in [9.17, 15) is 0 Å². The van der Waals surface area contributed by atoms with Crippen LogP contribution in [0.2, 0.25) is 0 Å². The maximum atomic E-state index is 4.48. The maximum absolute atomic E-state index is 4.48. The van der Waals surface area contributed by atoms with Gasteiger partial charge >= 0.3 is 0 Å². The Kier molecular flexibility index (Phi) is 2.13. The molecule has 2 fully saturated rings. The summed E-state index contributed by atoms with van der Waals surface area (Å²) in [5.41, 5.74) is 2.15. The summed E-state index contributed by atoms with van der Waals surface area (Å²) in [6, 6.07) is 2.64. The van der Waals surface area contributed by atoms with E-state index in [0.717, 1.165) is 28.7 Å². The molecule has 4 rings (SSSR count). The Bertz CT molecular complexity index is 588. The van der Waals surface area contributed by atoms with Gasteiger partial charge in [0.15, 0.2) is 5.82 Å². The van der Waals surface area contributed by atoms with Crippen LogP contribution in [-0.2, 0) is 7.05 Å². The molecule has 0 saturated heterocycles. The molecule has 2 aromatic heterocycles. The Balaban J connectivity index is 1.67. The van der Waals surface area contributed by atoms with Crippen molar-refractivity contribution in [2.75, 3.05) is 5.32 Å². The lowest BCUT2D eigenvalue weighted by Gasteiger charge is -2.23. The van der Waals surface area contributed by atoms with Crippen LogP contribution in [0.4, 0.5) is 5.82 Å². The normalized spacial score (nSPS) is 30.2. The number of fused-ring (bicyclic) bond motifs is 3. The van der Waals surface area contributed by atoms with Gasteiger partial charge in [0, 0.05) is 19.3 Å². The highest BCUT2D eigenvalue weighted by molar-refractivity contribution is 5.85. The monoisotopic (exact) mass is 242 g/mol. The first-order chi connectivity index (χ1) is 8.81. The molecule has 94 valence electrons. The highest BCUT2D eigenvalue weighted by Gasteiger charge is 2.39. The number of pyridine rings is 1. The van der Waals surface area contributed by atoms with Crippen molar-refractivity contribution in [3.05, 3.63) is 18.6 Å². The highest BCUT2D eigenvalue weighted by Crippen LogP contribution is 2.45. The SMILES string of the molecule is Cn1cnc2c(NC3CC4CCC3C4)nccc21. The summed E-state index contributed by atoms with van der Waals surface area (Å²) >= 11 is 0. The molecule has 0 radical (unpaired) electrons. The van der Waals surface area contributed by atoms with Gasteiger partial charge in [0.25, 0.3) is 0 Å². The third-order valence-electron chi connectivity index (χ3n) is 4.70. The summed E-state index contributed by atoms with van der Waals surface area (Å²) in [6.07, 6.45) is 9.29. The molecule has 0 spiro atoms. The first-order valence-electron chi connectivity index (χ1n) is 6.84. The van der Waals surface area contributed by atoms with Crippen molar-refractivity contribution in [3.63, 3.8) is 0 Å². The Morgan fingerprint density at radius 3 is 3.00 bits per heavy atom. The number of nitrogens with zero attached hydrogens (tertiary/aromatic N) is 3. The molecule has 0 aliphatic heterocycles. The van der Waals surface area contributed by atoms with Crippen molar-refractivity contribution >= 4 is 16.9 Å². The zero-order valence-corrected chi connectivity index (χ0v) is 10.6. The van der Waals surface area contributed by atoms with Crippen LogP contribution in [0.1, 0.15) is 25.7 Å². The van der Waals surface area contributed by atoms with Gasteiger partial charge in [-0.3, -0.25) is 0 Å². The van der Waals surface area contributed by atoms with Gasteiger partial charge in [-0.1, -0.05) is 6.42 Å². The molecule has 2 aliphatic rings. The van der Waals surface area contributed by atoms with Crippen LogP contribution in [0.15, 0.2) is 18.6 Å². The summed E-state index contributed by atoms with van der Waals surface area (Å²) in [6.45, 7) is 0. The van der Waals surface area contributed by atoms with Crippen LogP contribution in [0.3, 0.4) is 0 Å². The Labute approximate surface area is 106 Å². The molecular weight excluding hydrogens is 224 g/mol. The van der Waals surface area contributed by atoms with Gasteiger partial charge in [-0.2, -0.15) is 0 Å². The molecule has 0 aromatic carbocycles. The third kappa shape index (κ3) is 1.44. The first-order valence-corrected chi connectivity index (χ1v) is 6.84. The van der Waals surface area contributed by atoms with Gasteiger partial charge in [-0.15, -0.1) is 0 Å². The molecule has 3 unspecified atom stereocenters. The highest BCUT2D eigenvalue weighted by atomic mass is 15.1. The minimum absolute atomic E-state index is 0.615. The summed E-state index contributed by atoms with van der Waals surface area (Å²) < 4.78 is 2.04. The molecule has 1 N–H and O–H groups in total. The predicted molar refractivity (Wildman–Crippen MR) is 71.4 cm³/mol. The lowest BCUT2D eigenvalue weighted by Crippen LogP contribution is -2.26. The van der Waals surface area contributed by atoms with E-state index in [0.29, 0.717) is 6.04 Å². The molecule has 0 amide bonds. The number of anilines is 1. The molecule has 2 aliphatic carbocycles. The molecule has 4 nitrogen and oxygen atoms in total. The second kappa shape index (κ2) is 3.70. The second-order valence-electron chi connectivity index (χ2n) is 5.81. The van der Waals surface area contributed by atoms with Crippen molar-refractivity contribution in [1.29, 1.82) is 0 Å². The van der Waals surface area contributed by atoms with Crippen molar-refractivity contribution in [1.82, 2.24) is 14.5 Å². The number of rotatable bonds is 2. The van der Waals surface area contributed by atoms with E-state index in [1.165, 1.54) is 25.7 Å². The van der Waals surface area contributed by atoms with Crippen LogP contribution >= 0.6 is 0 Å². The van der Waals surface area contributed by atoms with Crippen molar-refractivity contribution in [3.8, 4) is 0 Å². The van der Waals surface area contributed by atoms with Gasteiger partial charge in [0.2, 0.25) is 0 Å². The van der Waals surface area contributed by atoms with Crippen LogP contribution in [0.25, 0.3) is 11.0 Å². The summed E-state index contributed by atoms with van der Waals surface area (Å²) in [5, 5.41) is 3.64. The molecule has 2 heterocycles. The van der Waals surface area contributed by atoms with E-state index in [1.807, 2.05) is 30.2 Å². The number of aryl methyl sites for hydroxylation is 1. The van der Waals surface area contributed by atoms with E-state index < -0.39 is 0 Å². The lowest BCUT2D eigenvalue weighted by molar-refractivity contribution is 0.439. The van der Waals surface area contributed by atoms with Gasteiger partial charge in [-0.25, -0.2) is 9.97 Å². The van der Waals surface area contributed by atoms with Crippen LogP contribution in [0.5, 0.6) is 0 Å². The Morgan fingerprint density at radius 1 is 1.28 bits per heavy atom. The van der Waals surface area contributed by atoms with Gasteiger partial charge in [0.1, 0.15) is 5.52 Å². The van der Waals surface area contributed by atoms with E-state index >= 15 is 0 Å². The van der Waals surface area contributed by atoms with E-state index in [4.69, 9.17) is 0 Å². The molecular formula is C14H18N4. The number of imidazole rings is 1. The fraction of sp³-hybridized carbons (Fsp3) is 0.571. The minimum Gasteiger partial charge on any atom is -0.365 e. The number of hydrogen-bond donors (Lipinski definition) is 1. The van der Waals surface area contributed by atoms with Gasteiger partial charge < -0.3 is 9.88 Å². The molecule has 2 saturated carbocycles. The molecule has 2 bridgehead atoms. The average Bonchev–Trinajstić information content (AvgIpc) is 3.06. The van der Waals surface area contributed by atoms with Crippen molar-refractivity contribution < 1.29 is 0 Å². The molecule has 2 aromatic rings. The quantitative estimate of drug-likeness (QED) is 0.880.